The summed E-state index contributed by atoms with van der Waals surface area (Å²) in [6, 6.07) is 23.5. The Kier molecular flexibility index (Phi) is 8.16. The number of benzene rings is 3. The highest BCUT2D eigenvalue weighted by Crippen LogP contribution is 2.29. The number of unbranched alkanes of at least 4 members (excludes halogenated alkanes) is 2. The molecule has 2 heterocycles. The Morgan fingerprint density at radius 2 is 1.62 bits per heavy atom. The third kappa shape index (κ3) is 6.43. The summed E-state index contributed by atoms with van der Waals surface area (Å²) < 4.78 is 2.01. The Morgan fingerprint density at radius 3 is 2.31 bits per heavy atom. The standard InChI is InChI=1S/C30H31N7O2/c1-2-3-4-9-27-31-28(19-14-21-10-17-24(18-11-21)30(38)39)37(34-27)20-22-12-15-23(16-13-22)25-7-5-6-8-26(25)29-32-35-36-33-29/h5-8,10-13,15-18H,2-4,9,14,19-20H2,1H3,(H,38,39)(H,32,33,35,36). The van der Waals surface area contributed by atoms with Crippen LogP contribution in [0.25, 0.3) is 22.5 Å². The number of hydrogen-bond donors (Lipinski definition) is 2. The van der Waals surface area contributed by atoms with E-state index in [4.69, 9.17) is 15.2 Å². The van der Waals surface area contributed by atoms with Gasteiger partial charge in [0.2, 0.25) is 5.82 Å². The molecule has 0 aliphatic carbocycles. The monoisotopic (exact) mass is 521 g/mol. The van der Waals surface area contributed by atoms with E-state index < -0.39 is 5.97 Å². The van der Waals surface area contributed by atoms with Gasteiger partial charge < -0.3 is 5.11 Å². The average Bonchev–Trinajstić information content (AvgIpc) is 3.63. The molecule has 0 unspecified atom stereocenters. The minimum absolute atomic E-state index is 0.295. The summed E-state index contributed by atoms with van der Waals surface area (Å²) in [5.74, 6) is 1.47. The third-order valence-electron chi connectivity index (χ3n) is 6.74. The van der Waals surface area contributed by atoms with E-state index in [2.05, 4.69) is 57.9 Å². The van der Waals surface area contributed by atoms with Gasteiger partial charge in [-0.2, -0.15) is 10.3 Å². The predicted octanol–water partition coefficient (Wildman–Crippen LogP) is 5.39. The number of aryl methyl sites for hydroxylation is 3. The number of H-pyrrole nitrogens is 1. The Hall–Kier alpha value is -4.66. The minimum atomic E-state index is -0.915. The van der Waals surface area contributed by atoms with Crippen LogP contribution in [0.3, 0.4) is 0 Å². The van der Waals surface area contributed by atoms with Gasteiger partial charge in [-0.1, -0.05) is 80.4 Å². The first kappa shape index (κ1) is 26.0. The number of carboxylic acid groups (broad SMARTS) is 1. The van der Waals surface area contributed by atoms with Gasteiger partial charge in [-0.3, -0.25) is 0 Å². The van der Waals surface area contributed by atoms with Crippen molar-refractivity contribution in [2.45, 2.75) is 52.0 Å². The first-order valence-electron chi connectivity index (χ1n) is 13.3. The van der Waals surface area contributed by atoms with E-state index in [0.717, 1.165) is 78.0 Å². The summed E-state index contributed by atoms with van der Waals surface area (Å²) >= 11 is 0. The van der Waals surface area contributed by atoms with Gasteiger partial charge in [-0.05, 0) is 52.4 Å². The fourth-order valence-electron chi connectivity index (χ4n) is 4.62. The van der Waals surface area contributed by atoms with Crippen molar-refractivity contribution in [3.05, 3.63) is 101 Å². The highest BCUT2D eigenvalue weighted by Gasteiger charge is 2.13. The summed E-state index contributed by atoms with van der Waals surface area (Å²) in [6.07, 6.45) is 5.74. The summed E-state index contributed by atoms with van der Waals surface area (Å²) in [5.41, 5.74) is 5.54. The molecule has 0 spiro atoms. The summed E-state index contributed by atoms with van der Waals surface area (Å²) in [7, 11) is 0. The maximum Gasteiger partial charge on any atom is 0.335 e. The van der Waals surface area contributed by atoms with Crippen molar-refractivity contribution in [1.29, 1.82) is 0 Å². The first-order valence-corrected chi connectivity index (χ1v) is 13.3. The summed E-state index contributed by atoms with van der Waals surface area (Å²) in [4.78, 5) is 16.0. The molecule has 0 fully saturated rings. The smallest absolute Gasteiger partial charge is 0.335 e. The van der Waals surface area contributed by atoms with Crippen LogP contribution in [0.5, 0.6) is 0 Å². The van der Waals surface area contributed by atoms with Crippen molar-refractivity contribution in [3.8, 4) is 22.5 Å². The van der Waals surface area contributed by atoms with Gasteiger partial charge in [0.15, 0.2) is 5.82 Å². The average molecular weight is 522 g/mol. The number of aromatic nitrogens is 7. The lowest BCUT2D eigenvalue weighted by Crippen LogP contribution is -2.08. The van der Waals surface area contributed by atoms with Crippen LogP contribution in [-0.2, 0) is 25.8 Å². The van der Waals surface area contributed by atoms with Crippen molar-refractivity contribution in [2.75, 3.05) is 0 Å². The summed E-state index contributed by atoms with van der Waals surface area (Å²) in [5, 5.41) is 28.5. The molecule has 0 saturated carbocycles. The number of carboxylic acids is 1. The number of carbonyl (C=O) groups is 1. The van der Waals surface area contributed by atoms with Crippen LogP contribution in [0.2, 0.25) is 0 Å². The zero-order chi connectivity index (χ0) is 27.0. The maximum absolute atomic E-state index is 11.2. The van der Waals surface area contributed by atoms with E-state index in [1.54, 1.807) is 12.1 Å². The van der Waals surface area contributed by atoms with Crippen LogP contribution < -0.4 is 0 Å². The molecule has 2 N–H and O–H groups in total. The van der Waals surface area contributed by atoms with Crippen molar-refractivity contribution < 1.29 is 9.90 Å². The van der Waals surface area contributed by atoms with E-state index >= 15 is 0 Å². The molecule has 9 heteroatoms. The van der Waals surface area contributed by atoms with Gasteiger partial charge in [0.05, 0.1) is 12.1 Å². The fraction of sp³-hybridized carbons (Fsp3) is 0.267. The van der Waals surface area contributed by atoms with Crippen LogP contribution in [0, 0.1) is 0 Å². The Labute approximate surface area is 227 Å². The second-order valence-electron chi connectivity index (χ2n) is 9.54. The number of aromatic amines is 1. The molecule has 39 heavy (non-hydrogen) atoms. The highest BCUT2D eigenvalue weighted by atomic mass is 16.4. The molecule has 3 aromatic carbocycles. The van der Waals surface area contributed by atoms with E-state index in [9.17, 15) is 4.79 Å². The number of hydrogen-bond acceptors (Lipinski definition) is 6. The number of nitrogens with one attached hydrogen (secondary N) is 1. The van der Waals surface area contributed by atoms with Gasteiger partial charge in [-0.15, -0.1) is 10.2 Å². The second-order valence-corrected chi connectivity index (χ2v) is 9.54. The largest absolute Gasteiger partial charge is 0.478 e. The Morgan fingerprint density at radius 1 is 0.872 bits per heavy atom. The zero-order valence-corrected chi connectivity index (χ0v) is 21.9. The van der Waals surface area contributed by atoms with Crippen LogP contribution in [0.15, 0.2) is 72.8 Å². The molecule has 0 radical (unpaired) electrons. The lowest BCUT2D eigenvalue weighted by Gasteiger charge is -2.09. The molecule has 0 amide bonds. The van der Waals surface area contributed by atoms with Crippen molar-refractivity contribution in [3.63, 3.8) is 0 Å². The minimum Gasteiger partial charge on any atom is -0.478 e. The molecule has 0 bridgehead atoms. The molecule has 5 rings (SSSR count). The SMILES string of the molecule is CCCCCc1nc(CCc2ccc(C(=O)O)cc2)n(Cc2ccc(-c3ccccc3-c3nn[nH]n3)cc2)n1. The zero-order valence-electron chi connectivity index (χ0n) is 21.9. The number of tetrazole rings is 1. The van der Waals surface area contributed by atoms with Crippen LogP contribution in [0.1, 0.15) is 59.3 Å². The Bertz CT molecular complexity index is 1510. The Balaban J connectivity index is 1.34. The number of rotatable bonds is 12. The van der Waals surface area contributed by atoms with Crippen molar-refractivity contribution in [2.24, 2.45) is 0 Å². The molecule has 0 atom stereocenters. The number of nitrogens with zero attached hydrogens (tertiary/aromatic N) is 6. The number of aromatic carboxylic acids is 1. The van der Waals surface area contributed by atoms with Gasteiger partial charge in [0.1, 0.15) is 5.82 Å². The van der Waals surface area contributed by atoms with Crippen LogP contribution in [0.4, 0.5) is 0 Å². The maximum atomic E-state index is 11.2. The summed E-state index contributed by atoms with van der Waals surface area (Å²) in [6.45, 7) is 2.82. The highest BCUT2D eigenvalue weighted by molar-refractivity contribution is 5.87. The molecule has 198 valence electrons. The molecular formula is C30H31N7O2. The molecule has 2 aromatic heterocycles. The van der Waals surface area contributed by atoms with Crippen LogP contribution >= 0.6 is 0 Å². The van der Waals surface area contributed by atoms with E-state index in [1.165, 1.54) is 0 Å². The van der Waals surface area contributed by atoms with Crippen molar-refractivity contribution >= 4 is 5.97 Å². The lowest BCUT2D eigenvalue weighted by molar-refractivity contribution is 0.0697. The third-order valence-corrected chi connectivity index (χ3v) is 6.74. The van der Waals surface area contributed by atoms with Gasteiger partial charge in [-0.25, -0.2) is 14.5 Å². The molecular weight excluding hydrogens is 490 g/mol. The van der Waals surface area contributed by atoms with Crippen molar-refractivity contribution in [1.82, 2.24) is 35.4 Å². The van der Waals surface area contributed by atoms with Crippen LogP contribution in [-0.4, -0.2) is 46.5 Å². The molecule has 0 aliphatic heterocycles. The molecule has 0 aliphatic rings. The quantitative estimate of drug-likeness (QED) is 0.211. The lowest BCUT2D eigenvalue weighted by atomic mass is 9.98. The molecule has 0 saturated heterocycles. The molecule has 9 nitrogen and oxygen atoms in total. The molecule has 5 aromatic rings. The van der Waals surface area contributed by atoms with Gasteiger partial charge in [0.25, 0.3) is 0 Å². The van der Waals surface area contributed by atoms with E-state index in [1.807, 2.05) is 35.0 Å². The second kappa shape index (κ2) is 12.3. The van der Waals surface area contributed by atoms with Gasteiger partial charge in [0, 0.05) is 18.4 Å². The fourth-order valence-corrected chi connectivity index (χ4v) is 4.62. The van der Waals surface area contributed by atoms with E-state index in [0.29, 0.717) is 17.9 Å². The normalized spacial score (nSPS) is 11.1. The van der Waals surface area contributed by atoms with E-state index in [-0.39, 0.29) is 0 Å². The topological polar surface area (TPSA) is 122 Å². The first-order chi connectivity index (χ1) is 19.1. The predicted molar refractivity (Wildman–Crippen MR) is 148 cm³/mol. The van der Waals surface area contributed by atoms with Gasteiger partial charge >= 0.3 is 5.97 Å².